The Morgan fingerprint density at radius 3 is 2.92 bits per heavy atom. The van der Waals surface area contributed by atoms with Gasteiger partial charge in [-0.25, -0.2) is 0 Å². The van der Waals surface area contributed by atoms with Gasteiger partial charge in [0, 0.05) is 0 Å². The molecule has 2 atom stereocenters. The summed E-state index contributed by atoms with van der Waals surface area (Å²) in [6.45, 7) is 0. The Morgan fingerprint density at radius 1 is 1.31 bits per heavy atom. The summed E-state index contributed by atoms with van der Waals surface area (Å²) in [6, 6.07) is 0. The zero-order valence-electron chi connectivity index (χ0n) is 8.26. The molecule has 3 aliphatic carbocycles. The van der Waals surface area contributed by atoms with Crippen LogP contribution in [0.25, 0.3) is 0 Å². The zero-order chi connectivity index (χ0) is 8.67. The minimum absolute atomic E-state index is 0.974. The van der Waals surface area contributed by atoms with Gasteiger partial charge in [0.1, 0.15) is 0 Å². The molecule has 0 spiro atoms. The minimum Gasteiger partial charge on any atom is -0.0850 e. The van der Waals surface area contributed by atoms with Gasteiger partial charge in [-0.1, -0.05) is 23.3 Å². The van der Waals surface area contributed by atoms with Gasteiger partial charge in [0.05, 0.1) is 0 Å². The summed E-state index contributed by atoms with van der Waals surface area (Å²) in [4.78, 5) is 0. The van der Waals surface area contributed by atoms with Gasteiger partial charge in [0.15, 0.2) is 0 Å². The summed E-state index contributed by atoms with van der Waals surface area (Å²) in [7, 11) is 0. The SMILES string of the molecule is C1=C(CC2=CC3CCC2C3)CCC1. The van der Waals surface area contributed by atoms with E-state index >= 15 is 0 Å². The van der Waals surface area contributed by atoms with Crippen LogP contribution in [0.5, 0.6) is 0 Å². The first-order valence-electron chi connectivity index (χ1n) is 5.80. The molecule has 70 valence electrons. The van der Waals surface area contributed by atoms with Crippen LogP contribution in [0.4, 0.5) is 0 Å². The van der Waals surface area contributed by atoms with Crippen molar-refractivity contribution in [1.29, 1.82) is 0 Å². The number of hydrogen-bond acceptors (Lipinski definition) is 0. The third kappa shape index (κ3) is 1.37. The molecule has 0 aromatic heterocycles. The highest BCUT2D eigenvalue weighted by Gasteiger charge is 2.32. The summed E-state index contributed by atoms with van der Waals surface area (Å²) in [5.74, 6) is 1.97. The van der Waals surface area contributed by atoms with Crippen molar-refractivity contribution in [2.24, 2.45) is 11.8 Å². The first kappa shape index (κ1) is 7.84. The Labute approximate surface area is 80.7 Å². The minimum atomic E-state index is 0.974. The Hall–Kier alpha value is -0.520. The Bertz CT molecular complexity index is 270. The number of rotatable bonds is 2. The van der Waals surface area contributed by atoms with E-state index < -0.39 is 0 Å². The van der Waals surface area contributed by atoms with Crippen molar-refractivity contribution in [2.75, 3.05) is 0 Å². The summed E-state index contributed by atoms with van der Waals surface area (Å²) >= 11 is 0. The van der Waals surface area contributed by atoms with Crippen molar-refractivity contribution < 1.29 is 0 Å². The maximum Gasteiger partial charge on any atom is -0.0106 e. The van der Waals surface area contributed by atoms with E-state index in [1.165, 1.54) is 44.9 Å². The lowest BCUT2D eigenvalue weighted by Gasteiger charge is -2.13. The van der Waals surface area contributed by atoms with E-state index in [4.69, 9.17) is 0 Å². The van der Waals surface area contributed by atoms with E-state index in [9.17, 15) is 0 Å². The fourth-order valence-electron chi connectivity index (χ4n) is 3.31. The lowest BCUT2D eigenvalue weighted by atomic mass is 9.92. The van der Waals surface area contributed by atoms with Crippen LogP contribution in [0, 0.1) is 11.8 Å². The second-order valence-electron chi connectivity index (χ2n) is 4.94. The van der Waals surface area contributed by atoms with Crippen LogP contribution in [-0.4, -0.2) is 0 Å². The fraction of sp³-hybridized carbons (Fsp3) is 0.692. The second-order valence-corrected chi connectivity index (χ2v) is 4.94. The molecule has 1 fully saturated rings. The fourth-order valence-corrected chi connectivity index (χ4v) is 3.31. The third-order valence-electron chi connectivity index (χ3n) is 4.01. The van der Waals surface area contributed by atoms with E-state index in [1.54, 1.807) is 11.1 Å². The van der Waals surface area contributed by atoms with Crippen LogP contribution in [-0.2, 0) is 0 Å². The monoisotopic (exact) mass is 174 g/mol. The average molecular weight is 174 g/mol. The zero-order valence-corrected chi connectivity index (χ0v) is 8.26. The molecule has 0 nitrogen and oxygen atoms in total. The molecular formula is C13H18. The Balaban J connectivity index is 1.70. The second kappa shape index (κ2) is 3.01. The Kier molecular flexibility index (Phi) is 1.81. The van der Waals surface area contributed by atoms with Crippen LogP contribution in [0.1, 0.15) is 44.9 Å². The predicted molar refractivity (Wildman–Crippen MR) is 55.5 cm³/mol. The number of fused-ring (bicyclic) bond motifs is 2. The molecule has 0 heteroatoms. The van der Waals surface area contributed by atoms with Crippen LogP contribution in [0.3, 0.4) is 0 Å². The van der Waals surface area contributed by atoms with Crippen LogP contribution in [0.2, 0.25) is 0 Å². The topological polar surface area (TPSA) is 0 Å². The van der Waals surface area contributed by atoms with Gasteiger partial charge in [0.2, 0.25) is 0 Å². The molecule has 1 saturated carbocycles. The lowest BCUT2D eigenvalue weighted by Crippen LogP contribution is -1.98. The van der Waals surface area contributed by atoms with Crippen molar-refractivity contribution in [2.45, 2.75) is 44.9 Å². The summed E-state index contributed by atoms with van der Waals surface area (Å²) in [5.41, 5.74) is 3.53. The first-order valence-corrected chi connectivity index (χ1v) is 5.80. The molecule has 0 N–H and O–H groups in total. The van der Waals surface area contributed by atoms with E-state index in [0.717, 1.165) is 11.8 Å². The van der Waals surface area contributed by atoms with Gasteiger partial charge in [-0.2, -0.15) is 0 Å². The van der Waals surface area contributed by atoms with Crippen molar-refractivity contribution in [3.8, 4) is 0 Å². The smallest absolute Gasteiger partial charge is 0.0106 e. The van der Waals surface area contributed by atoms with Crippen molar-refractivity contribution in [1.82, 2.24) is 0 Å². The van der Waals surface area contributed by atoms with Gasteiger partial charge in [-0.3, -0.25) is 0 Å². The van der Waals surface area contributed by atoms with E-state index in [2.05, 4.69) is 12.2 Å². The highest BCUT2D eigenvalue weighted by Crippen LogP contribution is 2.46. The Morgan fingerprint density at radius 2 is 2.31 bits per heavy atom. The maximum atomic E-state index is 2.59. The van der Waals surface area contributed by atoms with Gasteiger partial charge in [-0.15, -0.1) is 0 Å². The van der Waals surface area contributed by atoms with Gasteiger partial charge < -0.3 is 0 Å². The molecule has 0 aromatic rings. The van der Waals surface area contributed by atoms with Crippen molar-refractivity contribution >= 4 is 0 Å². The molecule has 0 heterocycles. The summed E-state index contributed by atoms with van der Waals surface area (Å²) in [5, 5.41) is 0. The highest BCUT2D eigenvalue weighted by molar-refractivity contribution is 5.26. The molecule has 0 aliphatic heterocycles. The summed E-state index contributed by atoms with van der Waals surface area (Å²) < 4.78 is 0. The molecule has 0 radical (unpaired) electrons. The molecule has 0 amide bonds. The number of allylic oxidation sites excluding steroid dienone is 4. The molecule has 2 unspecified atom stereocenters. The standard InChI is InChI=1S/C13H18/c1-2-4-10(3-1)7-13-9-11-5-6-12(13)8-11/h3,9,11-12H,1-2,4-8H2. The van der Waals surface area contributed by atoms with Crippen molar-refractivity contribution in [3.05, 3.63) is 23.3 Å². The molecule has 13 heavy (non-hydrogen) atoms. The van der Waals surface area contributed by atoms with Gasteiger partial charge in [0.25, 0.3) is 0 Å². The number of hydrogen-bond donors (Lipinski definition) is 0. The molecule has 3 aliphatic rings. The molecule has 3 rings (SSSR count). The normalized spacial score (nSPS) is 36.6. The van der Waals surface area contributed by atoms with Gasteiger partial charge >= 0.3 is 0 Å². The molecule has 2 bridgehead atoms. The highest BCUT2D eigenvalue weighted by atomic mass is 14.4. The van der Waals surface area contributed by atoms with E-state index in [0.29, 0.717) is 0 Å². The van der Waals surface area contributed by atoms with E-state index in [-0.39, 0.29) is 0 Å². The lowest BCUT2D eigenvalue weighted by molar-refractivity contribution is 0.637. The van der Waals surface area contributed by atoms with Crippen molar-refractivity contribution in [3.63, 3.8) is 0 Å². The van der Waals surface area contributed by atoms with Gasteiger partial charge in [-0.05, 0) is 56.8 Å². The quantitative estimate of drug-likeness (QED) is 0.558. The first-order chi connectivity index (χ1) is 6.42. The van der Waals surface area contributed by atoms with Crippen LogP contribution in [0.15, 0.2) is 23.3 Å². The third-order valence-corrected chi connectivity index (χ3v) is 4.01. The average Bonchev–Trinajstić information content (AvgIpc) is 2.77. The molecule has 0 saturated heterocycles. The maximum absolute atomic E-state index is 2.59. The van der Waals surface area contributed by atoms with E-state index in [1.807, 2.05) is 0 Å². The predicted octanol–water partition coefficient (Wildman–Crippen LogP) is 3.84. The molecular weight excluding hydrogens is 156 g/mol. The largest absolute Gasteiger partial charge is 0.0850 e. The van der Waals surface area contributed by atoms with Crippen LogP contribution < -0.4 is 0 Å². The van der Waals surface area contributed by atoms with Crippen LogP contribution >= 0.6 is 0 Å². The summed E-state index contributed by atoms with van der Waals surface area (Å²) in [6.07, 6.45) is 15.0. The molecule has 0 aromatic carbocycles.